The number of pyridine rings is 2. The maximum Gasteiger partial charge on any atom is 0.255 e. The number of rotatable bonds is 2. The highest BCUT2D eigenvalue weighted by Gasteiger charge is 2.13. The molecule has 4 aromatic rings. The van der Waals surface area contributed by atoms with Crippen molar-refractivity contribution in [2.75, 3.05) is 0 Å². The van der Waals surface area contributed by atoms with Gasteiger partial charge >= 0.3 is 0 Å². The van der Waals surface area contributed by atoms with Crippen LogP contribution < -0.4 is 5.56 Å². The summed E-state index contributed by atoms with van der Waals surface area (Å²) in [5.41, 5.74) is 5.02. The summed E-state index contributed by atoms with van der Waals surface area (Å²) in [6, 6.07) is 21.9. The van der Waals surface area contributed by atoms with E-state index < -0.39 is 0 Å². The van der Waals surface area contributed by atoms with E-state index in [1.807, 2.05) is 42.6 Å². The predicted octanol–water partition coefficient (Wildman–Crippen LogP) is 5.35. The predicted molar refractivity (Wildman–Crippen MR) is 111 cm³/mol. The minimum Gasteiger partial charge on any atom is -0.284 e. The lowest BCUT2D eigenvalue weighted by molar-refractivity contribution is 0.590. The first-order chi connectivity index (χ1) is 12.9. The van der Waals surface area contributed by atoms with Crippen molar-refractivity contribution in [2.45, 2.75) is 26.2 Å². The molecule has 0 saturated heterocycles. The van der Waals surface area contributed by atoms with E-state index in [9.17, 15) is 4.79 Å². The van der Waals surface area contributed by atoms with Gasteiger partial charge in [0.2, 0.25) is 0 Å². The smallest absolute Gasteiger partial charge is 0.255 e. The Kier molecular flexibility index (Phi) is 4.15. The first-order valence-electron chi connectivity index (χ1n) is 9.11. The maximum absolute atomic E-state index is 12.7. The number of nitrogens with zero attached hydrogens (tertiary/aromatic N) is 2. The Bertz CT molecular complexity index is 1170. The topological polar surface area (TPSA) is 34.9 Å². The summed E-state index contributed by atoms with van der Waals surface area (Å²) >= 11 is 0. The van der Waals surface area contributed by atoms with Gasteiger partial charge in [-0.3, -0.25) is 14.3 Å². The molecule has 0 unspecified atom stereocenters. The lowest BCUT2D eigenvalue weighted by Gasteiger charge is -2.19. The van der Waals surface area contributed by atoms with Crippen molar-refractivity contribution in [1.29, 1.82) is 0 Å². The summed E-state index contributed by atoms with van der Waals surface area (Å²) in [5, 5.41) is 1.06. The quantitative estimate of drug-likeness (QED) is 0.486. The number of hydrogen-bond donors (Lipinski definition) is 0. The SMILES string of the molecule is CC(C)(C)c1ccc(-c2ccn(-c3ccc4cccnc4c3)c(=O)c2)cc1. The van der Waals surface area contributed by atoms with E-state index >= 15 is 0 Å². The van der Waals surface area contributed by atoms with E-state index in [1.54, 1.807) is 16.8 Å². The lowest BCUT2D eigenvalue weighted by Crippen LogP contribution is -2.16. The zero-order valence-corrected chi connectivity index (χ0v) is 15.8. The van der Waals surface area contributed by atoms with E-state index in [0.29, 0.717) is 0 Å². The highest BCUT2D eigenvalue weighted by Crippen LogP contribution is 2.26. The summed E-state index contributed by atoms with van der Waals surface area (Å²) in [5.74, 6) is 0. The molecule has 2 aromatic carbocycles. The fourth-order valence-electron chi connectivity index (χ4n) is 3.24. The van der Waals surface area contributed by atoms with Crippen molar-refractivity contribution in [3.63, 3.8) is 0 Å². The summed E-state index contributed by atoms with van der Waals surface area (Å²) < 4.78 is 1.65. The molecule has 2 heterocycles. The molecule has 0 aliphatic heterocycles. The Morgan fingerprint density at radius 2 is 1.63 bits per heavy atom. The molecule has 0 N–H and O–H groups in total. The van der Waals surface area contributed by atoms with E-state index in [2.05, 4.69) is 50.0 Å². The van der Waals surface area contributed by atoms with Crippen LogP contribution in [0.15, 0.2) is 83.9 Å². The molecular weight excluding hydrogens is 332 g/mol. The Hall–Kier alpha value is -3.20. The molecule has 134 valence electrons. The molecule has 2 aromatic heterocycles. The largest absolute Gasteiger partial charge is 0.284 e. The molecule has 0 atom stereocenters. The van der Waals surface area contributed by atoms with Crippen LogP contribution in [0, 0.1) is 0 Å². The fourth-order valence-corrected chi connectivity index (χ4v) is 3.24. The maximum atomic E-state index is 12.7. The zero-order chi connectivity index (χ0) is 19.0. The second-order valence-corrected chi connectivity index (χ2v) is 7.83. The normalized spacial score (nSPS) is 11.7. The molecule has 0 saturated carbocycles. The highest BCUT2D eigenvalue weighted by atomic mass is 16.1. The lowest BCUT2D eigenvalue weighted by atomic mass is 9.86. The number of fused-ring (bicyclic) bond motifs is 1. The van der Waals surface area contributed by atoms with Gasteiger partial charge in [-0.15, -0.1) is 0 Å². The van der Waals surface area contributed by atoms with Gasteiger partial charge in [-0.1, -0.05) is 57.2 Å². The second kappa shape index (κ2) is 6.51. The molecule has 0 aliphatic carbocycles. The van der Waals surface area contributed by atoms with Crippen LogP contribution in [0.5, 0.6) is 0 Å². The molecule has 3 nitrogen and oxygen atoms in total. The third-order valence-electron chi connectivity index (χ3n) is 4.87. The van der Waals surface area contributed by atoms with Crippen LogP contribution in [-0.2, 0) is 5.41 Å². The number of hydrogen-bond acceptors (Lipinski definition) is 2. The molecule has 0 amide bonds. The molecule has 0 aliphatic rings. The van der Waals surface area contributed by atoms with E-state index in [1.165, 1.54) is 5.56 Å². The van der Waals surface area contributed by atoms with Gasteiger partial charge in [-0.2, -0.15) is 0 Å². The van der Waals surface area contributed by atoms with E-state index in [0.717, 1.165) is 27.7 Å². The summed E-state index contributed by atoms with van der Waals surface area (Å²) in [4.78, 5) is 17.1. The fraction of sp³-hybridized carbons (Fsp3) is 0.167. The van der Waals surface area contributed by atoms with Gasteiger partial charge in [-0.05, 0) is 46.4 Å². The third kappa shape index (κ3) is 3.41. The van der Waals surface area contributed by atoms with Crippen molar-refractivity contribution in [3.05, 3.63) is 95.0 Å². The van der Waals surface area contributed by atoms with Crippen LogP contribution in [0.1, 0.15) is 26.3 Å². The summed E-state index contributed by atoms with van der Waals surface area (Å²) in [7, 11) is 0. The highest BCUT2D eigenvalue weighted by molar-refractivity contribution is 5.80. The van der Waals surface area contributed by atoms with E-state index in [4.69, 9.17) is 0 Å². The third-order valence-corrected chi connectivity index (χ3v) is 4.87. The van der Waals surface area contributed by atoms with Crippen molar-refractivity contribution < 1.29 is 0 Å². The Labute approximate surface area is 158 Å². The molecule has 0 bridgehead atoms. The molecule has 0 radical (unpaired) electrons. The van der Waals surface area contributed by atoms with Crippen LogP contribution in [0.2, 0.25) is 0 Å². The second-order valence-electron chi connectivity index (χ2n) is 7.83. The average Bonchev–Trinajstić information content (AvgIpc) is 2.67. The van der Waals surface area contributed by atoms with Crippen molar-refractivity contribution >= 4 is 10.9 Å². The van der Waals surface area contributed by atoms with Gasteiger partial charge in [0.05, 0.1) is 11.2 Å². The molecule has 0 spiro atoms. The Morgan fingerprint density at radius 1 is 0.852 bits per heavy atom. The molecule has 0 fully saturated rings. The van der Waals surface area contributed by atoms with E-state index in [-0.39, 0.29) is 11.0 Å². The van der Waals surface area contributed by atoms with Crippen LogP contribution in [0.25, 0.3) is 27.7 Å². The molecule has 27 heavy (non-hydrogen) atoms. The minimum absolute atomic E-state index is 0.0531. The molecule has 3 heteroatoms. The van der Waals surface area contributed by atoms with Crippen molar-refractivity contribution in [2.24, 2.45) is 0 Å². The van der Waals surface area contributed by atoms with Gasteiger partial charge in [0.25, 0.3) is 5.56 Å². The van der Waals surface area contributed by atoms with Crippen molar-refractivity contribution in [3.8, 4) is 16.8 Å². The van der Waals surface area contributed by atoms with Gasteiger partial charge in [0.15, 0.2) is 0 Å². The molecule has 4 rings (SSSR count). The average molecular weight is 354 g/mol. The van der Waals surface area contributed by atoms with Gasteiger partial charge < -0.3 is 0 Å². The van der Waals surface area contributed by atoms with Crippen LogP contribution >= 0.6 is 0 Å². The van der Waals surface area contributed by atoms with Gasteiger partial charge in [-0.25, -0.2) is 0 Å². The zero-order valence-electron chi connectivity index (χ0n) is 15.8. The standard InChI is InChI=1S/C24H22N2O/c1-24(2,3)20-9-6-17(7-10-20)19-12-14-26(23(27)15-19)21-11-8-18-5-4-13-25-22(18)16-21/h4-16H,1-3H3. The van der Waals surface area contributed by atoms with Crippen LogP contribution in [0.3, 0.4) is 0 Å². The van der Waals surface area contributed by atoms with Gasteiger partial charge in [0.1, 0.15) is 0 Å². The number of aromatic nitrogens is 2. The van der Waals surface area contributed by atoms with Crippen molar-refractivity contribution in [1.82, 2.24) is 9.55 Å². The number of benzene rings is 2. The minimum atomic E-state index is -0.0531. The summed E-state index contributed by atoms with van der Waals surface area (Å²) in [6.07, 6.45) is 3.60. The Balaban J connectivity index is 1.71. The van der Waals surface area contributed by atoms with Crippen LogP contribution in [-0.4, -0.2) is 9.55 Å². The first kappa shape index (κ1) is 17.2. The Morgan fingerprint density at radius 3 is 2.33 bits per heavy atom. The molecular formula is C24H22N2O. The van der Waals surface area contributed by atoms with Gasteiger partial charge in [0, 0.05) is 23.8 Å². The van der Waals surface area contributed by atoms with Crippen LogP contribution in [0.4, 0.5) is 0 Å². The monoisotopic (exact) mass is 354 g/mol. The summed E-state index contributed by atoms with van der Waals surface area (Å²) in [6.45, 7) is 6.59. The first-order valence-corrected chi connectivity index (χ1v) is 9.11.